The van der Waals surface area contributed by atoms with Crippen molar-refractivity contribution in [1.82, 2.24) is 29.9 Å². The molecule has 0 radical (unpaired) electrons. The average molecular weight is 400 g/mol. The Labute approximate surface area is 163 Å². The van der Waals surface area contributed by atoms with Crippen LogP contribution in [0.2, 0.25) is 5.02 Å². The first kappa shape index (κ1) is 18.0. The van der Waals surface area contributed by atoms with Gasteiger partial charge in [-0.2, -0.15) is 15.5 Å². The van der Waals surface area contributed by atoms with Crippen LogP contribution in [0.5, 0.6) is 5.75 Å². The fourth-order valence-corrected chi connectivity index (χ4v) is 3.47. The van der Waals surface area contributed by atoms with E-state index in [-0.39, 0.29) is 16.3 Å². The van der Waals surface area contributed by atoms with Crippen molar-refractivity contribution in [3.05, 3.63) is 35.1 Å². The molecule has 28 heavy (non-hydrogen) atoms. The quantitative estimate of drug-likeness (QED) is 0.542. The van der Waals surface area contributed by atoms with E-state index in [9.17, 15) is 0 Å². The first-order valence-electron chi connectivity index (χ1n) is 8.33. The Hall–Kier alpha value is -3.38. The smallest absolute Gasteiger partial charge is 0.198 e. The molecule has 0 spiro atoms. The molecule has 3 heterocycles. The molecule has 4 rings (SSSR count). The largest absolute Gasteiger partial charge is 0.495 e. The lowest BCUT2D eigenvalue weighted by Gasteiger charge is -2.06. The number of methoxy groups -OCH3 is 1. The molecule has 0 saturated heterocycles. The number of aromatic nitrogens is 6. The van der Waals surface area contributed by atoms with Crippen molar-refractivity contribution in [3.63, 3.8) is 0 Å². The van der Waals surface area contributed by atoms with Crippen molar-refractivity contribution >= 4 is 22.5 Å². The highest BCUT2D eigenvalue weighted by molar-refractivity contribution is 6.33. The molecule has 10 heteroatoms. The number of nitrogens with zero attached hydrogens (tertiary/aromatic N) is 5. The second-order valence-electron chi connectivity index (χ2n) is 6.27. The Morgan fingerprint density at radius 2 is 2.21 bits per heavy atom. The molecule has 0 aliphatic rings. The third-order valence-corrected chi connectivity index (χ3v) is 5.00. The van der Waals surface area contributed by atoms with Crippen molar-refractivity contribution in [2.75, 3.05) is 7.11 Å². The van der Waals surface area contributed by atoms with Gasteiger partial charge in [-0.15, -0.1) is 0 Å². The van der Waals surface area contributed by atoms with E-state index in [1.807, 2.05) is 0 Å². The predicted octanol–water partition coefficient (Wildman–Crippen LogP) is 3.78. The zero-order valence-electron chi connectivity index (χ0n) is 15.2. The van der Waals surface area contributed by atoms with Crippen LogP contribution in [0.3, 0.4) is 0 Å². The van der Waals surface area contributed by atoms with Gasteiger partial charge in [0.1, 0.15) is 22.5 Å². The SMILES string of the molecule is COc1cc2c(-c3cn[nH]c3)c(-c3n[nH]c([C@H](C)C#N)n3)n(C)c2c(F)c1Cl. The highest BCUT2D eigenvalue weighted by Gasteiger charge is 2.27. The van der Waals surface area contributed by atoms with Gasteiger partial charge >= 0.3 is 0 Å². The molecule has 0 aliphatic carbocycles. The summed E-state index contributed by atoms with van der Waals surface area (Å²) in [6.45, 7) is 1.72. The van der Waals surface area contributed by atoms with Crippen LogP contribution in [0.25, 0.3) is 33.5 Å². The topological polar surface area (TPSA) is 108 Å². The maximum atomic E-state index is 15.1. The summed E-state index contributed by atoms with van der Waals surface area (Å²) in [5, 5.41) is 23.4. The van der Waals surface area contributed by atoms with E-state index in [0.29, 0.717) is 28.3 Å². The molecule has 1 atom stereocenters. The standard InChI is InChI=1S/C18H15ClFN7O/c1-8(5-21)17-24-18(26-25-17)16-12(9-6-22-23-7-9)10-4-11(28-3)13(19)14(20)15(10)27(16)2/h4,6-8H,1-3H3,(H,22,23)(H,24,25,26)/t8-/m1/s1. The van der Waals surface area contributed by atoms with Crippen molar-refractivity contribution in [3.8, 4) is 34.5 Å². The second kappa shape index (κ2) is 6.65. The van der Waals surface area contributed by atoms with Gasteiger partial charge in [-0.3, -0.25) is 10.2 Å². The first-order chi connectivity index (χ1) is 13.5. The number of nitrogens with one attached hydrogen (secondary N) is 2. The fourth-order valence-electron chi connectivity index (χ4n) is 3.24. The molecular formula is C18H15ClFN7O. The highest BCUT2D eigenvalue weighted by atomic mass is 35.5. The maximum absolute atomic E-state index is 15.1. The van der Waals surface area contributed by atoms with Crippen molar-refractivity contribution < 1.29 is 9.13 Å². The Bertz CT molecular complexity index is 1220. The Kier molecular flexibility index (Phi) is 4.28. The van der Waals surface area contributed by atoms with Gasteiger partial charge in [0.25, 0.3) is 0 Å². The maximum Gasteiger partial charge on any atom is 0.198 e. The molecule has 0 aliphatic heterocycles. The average Bonchev–Trinajstić information content (AvgIpc) is 3.42. The molecule has 4 aromatic rings. The molecule has 0 unspecified atom stereocenters. The van der Waals surface area contributed by atoms with E-state index in [2.05, 4.69) is 31.4 Å². The van der Waals surface area contributed by atoms with Crippen LogP contribution in [0.15, 0.2) is 18.5 Å². The van der Waals surface area contributed by atoms with E-state index in [4.69, 9.17) is 21.6 Å². The number of benzene rings is 1. The van der Waals surface area contributed by atoms with Gasteiger partial charge in [0.15, 0.2) is 11.6 Å². The summed E-state index contributed by atoms with van der Waals surface area (Å²) in [6.07, 6.45) is 3.32. The number of H-pyrrole nitrogens is 2. The van der Waals surface area contributed by atoms with E-state index in [1.54, 1.807) is 37.0 Å². The predicted molar refractivity (Wildman–Crippen MR) is 101 cm³/mol. The Balaban J connectivity index is 2.10. The van der Waals surface area contributed by atoms with Gasteiger partial charge in [-0.1, -0.05) is 11.6 Å². The van der Waals surface area contributed by atoms with E-state index < -0.39 is 11.7 Å². The lowest BCUT2D eigenvalue weighted by molar-refractivity contribution is 0.412. The van der Waals surface area contributed by atoms with Crippen LogP contribution in [0.4, 0.5) is 4.39 Å². The van der Waals surface area contributed by atoms with Crippen LogP contribution in [0, 0.1) is 17.1 Å². The third-order valence-electron chi connectivity index (χ3n) is 4.65. The van der Waals surface area contributed by atoms with Crippen molar-refractivity contribution in [2.24, 2.45) is 7.05 Å². The summed E-state index contributed by atoms with van der Waals surface area (Å²) in [7, 11) is 3.13. The molecule has 0 bridgehead atoms. The summed E-state index contributed by atoms with van der Waals surface area (Å²) in [5.74, 6) is -0.0731. The molecule has 1 aromatic carbocycles. The van der Waals surface area contributed by atoms with Gasteiger partial charge in [0.2, 0.25) is 0 Å². The van der Waals surface area contributed by atoms with Gasteiger partial charge in [-0.05, 0) is 13.0 Å². The minimum Gasteiger partial charge on any atom is -0.495 e. The molecule has 0 amide bonds. The normalized spacial score (nSPS) is 12.3. The minimum absolute atomic E-state index is 0.102. The van der Waals surface area contributed by atoms with E-state index >= 15 is 4.39 Å². The summed E-state index contributed by atoms with van der Waals surface area (Å²) in [5.41, 5.74) is 2.25. The van der Waals surface area contributed by atoms with Gasteiger partial charge < -0.3 is 9.30 Å². The van der Waals surface area contributed by atoms with Crippen molar-refractivity contribution in [1.29, 1.82) is 5.26 Å². The zero-order chi connectivity index (χ0) is 20.0. The molecule has 2 N–H and O–H groups in total. The number of hydrogen-bond donors (Lipinski definition) is 2. The summed E-state index contributed by atoms with van der Waals surface area (Å²) >= 11 is 6.14. The number of aromatic amines is 2. The van der Waals surface area contributed by atoms with Gasteiger partial charge in [-0.25, -0.2) is 9.37 Å². The Morgan fingerprint density at radius 1 is 1.43 bits per heavy atom. The van der Waals surface area contributed by atoms with Crippen LogP contribution in [-0.4, -0.2) is 37.1 Å². The van der Waals surface area contributed by atoms with Crippen LogP contribution < -0.4 is 4.74 Å². The zero-order valence-corrected chi connectivity index (χ0v) is 16.0. The molecule has 0 fully saturated rings. The lowest BCUT2D eigenvalue weighted by Crippen LogP contribution is -1.97. The van der Waals surface area contributed by atoms with Gasteiger partial charge in [0.05, 0.1) is 30.6 Å². The fraction of sp³-hybridized carbons (Fsp3) is 0.222. The van der Waals surface area contributed by atoms with Crippen LogP contribution >= 0.6 is 11.6 Å². The number of nitriles is 1. The number of ether oxygens (including phenoxy) is 1. The summed E-state index contributed by atoms with van der Waals surface area (Å²) in [4.78, 5) is 4.45. The lowest BCUT2D eigenvalue weighted by atomic mass is 10.0. The monoisotopic (exact) mass is 399 g/mol. The van der Waals surface area contributed by atoms with Crippen molar-refractivity contribution in [2.45, 2.75) is 12.8 Å². The first-order valence-corrected chi connectivity index (χ1v) is 8.71. The number of rotatable bonds is 4. The number of fused-ring (bicyclic) bond motifs is 1. The molecule has 8 nitrogen and oxygen atoms in total. The van der Waals surface area contributed by atoms with E-state index in [0.717, 1.165) is 5.56 Å². The van der Waals surface area contributed by atoms with Crippen LogP contribution in [-0.2, 0) is 7.05 Å². The summed E-state index contributed by atoms with van der Waals surface area (Å²) < 4.78 is 22.0. The minimum atomic E-state index is -0.601. The second-order valence-corrected chi connectivity index (χ2v) is 6.65. The molecule has 3 aromatic heterocycles. The molecular weight excluding hydrogens is 385 g/mol. The Morgan fingerprint density at radius 3 is 2.86 bits per heavy atom. The highest BCUT2D eigenvalue weighted by Crippen LogP contribution is 2.44. The third kappa shape index (κ3) is 2.53. The van der Waals surface area contributed by atoms with E-state index in [1.165, 1.54) is 7.11 Å². The number of hydrogen-bond acceptors (Lipinski definition) is 5. The molecule has 142 valence electrons. The number of aryl methyl sites for hydroxylation is 1. The van der Waals surface area contributed by atoms with Crippen LogP contribution in [0.1, 0.15) is 18.7 Å². The summed E-state index contributed by atoms with van der Waals surface area (Å²) in [6, 6.07) is 3.79. The number of halogens is 2. The molecule has 0 saturated carbocycles. The van der Waals surface area contributed by atoms with Gasteiger partial charge in [0, 0.05) is 29.8 Å².